The number of pyridine rings is 1. The van der Waals surface area contributed by atoms with Gasteiger partial charge in [-0.3, -0.25) is 9.78 Å². The summed E-state index contributed by atoms with van der Waals surface area (Å²) in [4.78, 5) is 15.8. The van der Waals surface area contributed by atoms with Gasteiger partial charge in [0.2, 0.25) is 10.0 Å². The van der Waals surface area contributed by atoms with E-state index in [0.717, 1.165) is 11.3 Å². The largest absolute Gasteiger partial charge is 0.288 e. The summed E-state index contributed by atoms with van der Waals surface area (Å²) in [5.41, 5.74) is 0.418. The van der Waals surface area contributed by atoms with Crippen molar-refractivity contribution in [3.63, 3.8) is 0 Å². The molecule has 0 saturated heterocycles. The van der Waals surface area contributed by atoms with Crippen LogP contribution in [0.25, 0.3) is 0 Å². The molecular formula is C10H8N2O3S2. The van der Waals surface area contributed by atoms with E-state index in [0.29, 0.717) is 5.56 Å². The number of rotatable bonds is 3. The fourth-order valence-corrected chi connectivity index (χ4v) is 3.12. The van der Waals surface area contributed by atoms with Gasteiger partial charge >= 0.3 is 0 Å². The summed E-state index contributed by atoms with van der Waals surface area (Å²) in [6.45, 7) is 0. The third-order valence-electron chi connectivity index (χ3n) is 2.06. The lowest BCUT2D eigenvalue weighted by Gasteiger charge is -2.00. The third-order valence-corrected chi connectivity index (χ3v) is 4.48. The molecule has 0 radical (unpaired) electrons. The fraction of sp³-hybridized carbons (Fsp3) is 0. The monoisotopic (exact) mass is 268 g/mol. The van der Waals surface area contributed by atoms with Crippen molar-refractivity contribution in [2.45, 2.75) is 4.21 Å². The predicted molar refractivity (Wildman–Crippen MR) is 63.4 cm³/mol. The van der Waals surface area contributed by atoms with Crippen LogP contribution >= 0.6 is 11.3 Å². The molecule has 0 spiro atoms. The molecule has 0 aliphatic rings. The van der Waals surface area contributed by atoms with E-state index in [9.17, 15) is 13.2 Å². The Labute approximate surface area is 102 Å². The van der Waals surface area contributed by atoms with Gasteiger partial charge in [0.1, 0.15) is 4.21 Å². The Balaban J connectivity index is 2.50. The standard InChI is InChI=1S/C10H8N2O3S2/c11-17(14,15)10-8(3-5-16-10)9(13)7-2-1-4-12-6-7/h1-6H,(H2,11,14,15). The number of ketones is 1. The lowest BCUT2D eigenvalue weighted by atomic mass is 10.1. The van der Waals surface area contributed by atoms with E-state index in [4.69, 9.17) is 5.14 Å². The summed E-state index contributed by atoms with van der Waals surface area (Å²) in [6.07, 6.45) is 2.91. The number of thiophene rings is 1. The number of nitrogens with zero attached hydrogens (tertiary/aromatic N) is 1. The van der Waals surface area contributed by atoms with Crippen LogP contribution in [0.2, 0.25) is 0 Å². The molecule has 7 heteroatoms. The molecule has 0 aliphatic carbocycles. The first-order chi connectivity index (χ1) is 8.00. The zero-order valence-electron chi connectivity index (χ0n) is 8.53. The number of hydrogen-bond donors (Lipinski definition) is 1. The minimum atomic E-state index is -3.87. The first kappa shape index (κ1) is 11.9. The van der Waals surface area contributed by atoms with Gasteiger partial charge in [0.05, 0.1) is 5.56 Å². The molecule has 0 aliphatic heterocycles. The van der Waals surface area contributed by atoms with Crippen molar-refractivity contribution in [1.82, 2.24) is 4.98 Å². The van der Waals surface area contributed by atoms with E-state index in [2.05, 4.69) is 4.98 Å². The number of sulfonamides is 1. The molecule has 2 aromatic heterocycles. The molecule has 2 aromatic rings. The second-order valence-corrected chi connectivity index (χ2v) is 5.91. The van der Waals surface area contributed by atoms with Gasteiger partial charge in [0, 0.05) is 18.0 Å². The minimum absolute atomic E-state index is 0.0884. The maximum Gasteiger partial charge on any atom is 0.248 e. The molecule has 0 aromatic carbocycles. The van der Waals surface area contributed by atoms with Gasteiger partial charge in [-0.25, -0.2) is 13.6 Å². The predicted octanol–water partition coefficient (Wildman–Crippen LogP) is 1.02. The van der Waals surface area contributed by atoms with Crippen LogP contribution in [0.1, 0.15) is 15.9 Å². The van der Waals surface area contributed by atoms with Crippen LogP contribution < -0.4 is 5.14 Å². The molecule has 0 atom stereocenters. The van der Waals surface area contributed by atoms with Gasteiger partial charge in [0.15, 0.2) is 5.78 Å². The van der Waals surface area contributed by atoms with Gasteiger partial charge in [-0.1, -0.05) is 0 Å². The summed E-state index contributed by atoms with van der Waals surface area (Å²) in [6, 6.07) is 4.62. The molecule has 0 saturated carbocycles. The van der Waals surface area contributed by atoms with E-state index >= 15 is 0 Å². The maximum atomic E-state index is 12.0. The Morgan fingerprint density at radius 1 is 1.35 bits per heavy atom. The lowest BCUT2D eigenvalue weighted by Crippen LogP contribution is -2.14. The van der Waals surface area contributed by atoms with Crippen LogP contribution in [0.15, 0.2) is 40.2 Å². The van der Waals surface area contributed by atoms with Gasteiger partial charge in [-0.2, -0.15) is 0 Å². The van der Waals surface area contributed by atoms with Crippen LogP contribution in [0.4, 0.5) is 0 Å². The van der Waals surface area contributed by atoms with Gasteiger partial charge < -0.3 is 0 Å². The van der Waals surface area contributed by atoms with E-state index < -0.39 is 15.8 Å². The molecule has 0 bridgehead atoms. The molecule has 17 heavy (non-hydrogen) atoms. The average Bonchev–Trinajstić information content (AvgIpc) is 2.78. The summed E-state index contributed by atoms with van der Waals surface area (Å²) < 4.78 is 22.4. The zero-order chi connectivity index (χ0) is 12.5. The Kier molecular flexibility index (Phi) is 3.05. The van der Waals surface area contributed by atoms with Crippen molar-refractivity contribution < 1.29 is 13.2 Å². The molecule has 2 N–H and O–H groups in total. The van der Waals surface area contributed by atoms with Crippen molar-refractivity contribution in [3.8, 4) is 0 Å². The third kappa shape index (κ3) is 2.41. The Morgan fingerprint density at radius 3 is 2.71 bits per heavy atom. The van der Waals surface area contributed by atoms with Crippen LogP contribution in [0.3, 0.4) is 0 Å². The van der Waals surface area contributed by atoms with Gasteiger partial charge in [-0.05, 0) is 23.6 Å². The van der Waals surface area contributed by atoms with Crippen molar-refractivity contribution >= 4 is 27.1 Å². The first-order valence-corrected chi connectivity index (χ1v) is 6.98. The zero-order valence-corrected chi connectivity index (χ0v) is 10.2. The first-order valence-electron chi connectivity index (χ1n) is 4.55. The van der Waals surface area contributed by atoms with Crippen LogP contribution in [-0.2, 0) is 10.0 Å². The highest BCUT2D eigenvalue weighted by Crippen LogP contribution is 2.23. The Morgan fingerprint density at radius 2 is 2.12 bits per heavy atom. The van der Waals surface area contributed by atoms with Crippen molar-refractivity contribution in [1.29, 1.82) is 0 Å². The van der Waals surface area contributed by atoms with Crippen LogP contribution in [0.5, 0.6) is 0 Å². The van der Waals surface area contributed by atoms with E-state index in [1.54, 1.807) is 12.1 Å². The van der Waals surface area contributed by atoms with E-state index in [1.807, 2.05) is 0 Å². The van der Waals surface area contributed by atoms with Crippen LogP contribution in [-0.4, -0.2) is 19.2 Å². The summed E-state index contributed by atoms with van der Waals surface area (Å²) in [5, 5.41) is 6.55. The molecule has 0 unspecified atom stereocenters. The lowest BCUT2D eigenvalue weighted by molar-refractivity contribution is 0.103. The molecular weight excluding hydrogens is 260 g/mol. The number of carbonyl (C=O) groups is 1. The normalized spacial score (nSPS) is 11.4. The summed E-state index contributed by atoms with van der Waals surface area (Å²) in [7, 11) is -3.87. The molecule has 88 valence electrons. The topological polar surface area (TPSA) is 90.1 Å². The van der Waals surface area contributed by atoms with Gasteiger partial charge in [-0.15, -0.1) is 11.3 Å². The second-order valence-electron chi connectivity index (χ2n) is 3.24. The molecule has 0 fully saturated rings. The summed E-state index contributed by atoms with van der Waals surface area (Å²) >= 11 is 0.925. The average molecular weight is 268 g/mol. The minimum Gasteiger partial charge on any atom is -0.288 e. The smallest absolute Gasteiger partial charge is 0.248 e. The highest BCUT2D eigenvalue weighted by molar-refractivity contribution is 7.91. The highest BCUT2D eigenvalue weighted by atomic mass is 32.2. The highest BCUT2D eigenvalue weighted by Gasteiger charge is 2.21. The SMILES string of the molecule is NS(=O)(=O)c1sccc1C(=O)c1cccnc1. The number of nitrogens with two attached hydrogens (primary N) is 1. The summed E-state index contributed by atoms with van der Waals surface area (Å²) in [5.74, 6) is -0.400. The molecule has 0 amide bonds. The quantitative estimate of drug-likeness (QED) is 0.841. The fourth-order valence-electron chi connectivity index (χ4n) is 1.34. The maximum absolute atomic E-state index is 12.0. The number of hydrogen-bond acceptors (Lipinski definition) is 5. The van der Waals surface area contributed by atoms with Crippen molar-refractivity contribution in [2.24, 2.45) is 5.14 Å². The van der Waals surface area contributed by atoms with Gasteiger partial charge in [0.25, 0.3) is 0 Å². The van der Waals surface area contributed by atoms with Crippen molar-refractivity contribution in [2.75, 3.05) is 0 Å². The Bertz CT molecular complexity index is 647. The van der Waals surface area contributed by atoms with E-state index in [1.165, 1.54) is 23.8 Å². The number of aromatic nitrogens is 1. The van der Waals surface area contributed by atoms with Crippen molar-refractivity contribution in [3.05, 3.63) is 47.1 Å². The number of primary sulfonamides is 1. The molecule has 2 rings (SSSR count). The van der Waals surface area contributed by atoms with Crippen LogP contribution in [0, 0.1) is 0 Å². The Hall–Kier alpha value is -1.57. The number of carbonyl (C=O) groups excluding carboxylic acids is 1. The second kappa shape index (κ2) is 4.36. The van der Waals surface area contributed by atoms with E-state index in [-0.39, 0.29) is 9.77 Å². The molecule has 2 heterocycles. The molecule has 5 nitrogen and oxygen atoms in total.